The molecule has 1 fully saturated rings. The fourth-order valence-corrected chi connectivity index (χ4v) is 4.57. The molecule has 0 aliphatic carbocycles. The average Bonchev–Trinajstić information content (AvgIpc) is 2.91. The molecule has 1 rings (SSSR count). The van der Waals surface area contributed by atoms with Gasteiger partial charge in [0.1, 0.15) is 0 Å². The number of rotatable bonds is 18. The van der Waals surface area contributed by atoms with Gasteiger partial charge in [0, 0.05) is 84.7 Å². The Bertz CT molecular complexity index is 648. The molecule has 0 aromatic heterocycles. The zero-order chi connectivity index (χ0) is 27.2. The van der Waals surface area contributed by atoms with E-state index in [0.29, 0.717) is 6.42 Å². The molecule has 0 radical (unpaired) electrons. The van der Waals surface area contributed by atoms with Crippen LogP contribution in [0.3, 0.4) is 0 Å². The Labute approximate surface area is 235 Å². The van der Waals surface area contributed by atoms with Gasteiger partial charge in [-0.25, -0.2) is 0 Å². The fourth-order valence-electron chi connectivity index (χ4n) is 4.57. The molecular weight excluding hydrogens is 470 g/mol. The summed E-state index contributed by atoms with van der Waals surface area (Å²) in [6.07, 6.45) is 18.9. The van der Waals surface area contributed by atoms with Gasteiger partial charge >= 0.3 is 0 Å². The highest BCUT2D eigenvalue weighted by Crippen LogP contribution is 2.09. The van der Waals surface area contributed by atoms with Gasteiger partial charge in [-0.05, 0) is 31.1 Å². The minimum atomic E-state index is 0.199. The molecule has 218 valence electrons. The van der Waals surface area contributed by atoms with Gasteiger partial charge < -0.3 is 21.3 Å². The Kier molecular flexibility index (Phi) is 25.8. The summed E-state index contributed by atoms with van der Waals surface area (Å²) in [7, 11) is 0. The van der Waals surface area contributed by atoms with E-state index in [0.717, 1.165) is 97.6 Å². The monoisotopic (exact) mass is 529 g/mol. The second kappa shape index (κ2) is 28.4. The van der Waals surface area contributed by atoms with E-state index in [1.165, 1.54) is 64.2 Å². The Balaban J connectivity index is 1.90. The molecule has 38 heavy (non-hydrogen) atoms. The molecule has 1 amide bonds. The van der Waals surface area contributed by atoms with E-state index in [2.05, 4.69) is 56.8 Å². The zero-order valence-electron chi connectivity index (χ0n) is 24.7. The maximum Gasteiger partial charge on any atom is 0.220 e. The number of hydrogen-bond acceptors (Lipinski definition) is 5. The summed E-state index contributed by atoms with van der Waals surface area (Å²) in [6, 6.07) is 0. The van der Waals surface area contributed by atoms with Gasteiger partial charge in [-0.1, -0.05) is 83.0 Å². The lowest BCUT2D eigenvalue weighted by Gasteiger charge is -2.23. The standard InChI is InChI=1S/C32H59N5O/c1-2-3-4-5-6-7-8-9-10-11-12-13-14-15-16-17-18-19-20-21-32(38)36-28-31-37-29-26-34-24-22-33-23-25-35-27-30-37/h33-35H,2-9,14-31H2,1H3,(H,36,38). The van der Waals surface area contributed by atoms with Crippen LogP contribution >= 0.6 is 0 Å². The summed E-state index contributed by atoms with van der Waals surface area (Å²) in [5, 5.41) is 13.5. The predicted octanol–water partition coefficient (Wildman–Crippen LogP) is 4.46. The Morgan fingerprint density at radius 1 is 0.658 bits per heavy atom. The lowest BCUT2D eigenvalue weighted by molar-refractivity contribution is -0.121. The second-order valence-corrected chi connectivity index (χ2v) is 10.5. The number of amides is 1. The number of unbranched alkanes of at least 4 members (excludes halogenated alkanes) is 13. The summed E-state index contributed by atoms with van der Waals surface area (Å²) in [4.78, 5) is 14.6. The molecule has 1 aliphatic rings. The molecular formula is C32H59N5O. The molecule has 0 spiro atoms. The Hall–Kier alpha value is -1.57. The van der Waals surface area contributed by atoms with Crippen LogP contribution in [0.2, 0.25) is 0 Å². The van der Waals surface area contributed by atoms with Crippen LogP contribution in [0.4, 0.5) is 0 Å². The quantitative estimate of drug-likeness (QED) is 0.156. The van der Waals surface area contributed by atoms with Crippen molar-refractivity contribution in [3.63, 3.8) is 0 Å². The molecule has 1 saturated heterocycles. The van der Waals surface area contributed by atoms with Gasteiger partial charge in [0.05, 0.1) is 0 Å². The first-order chi connectivity index (χ1) is 18.8. The maximum absolute atomic E-state index is 12.2. The molecule has 6 heteroatoms. The minimum absolute atomic E-state index is 0.199. The molecule has 0 saturated carbocycles. The van der Waals surface area contributed by atoms with Crippen molar-refractivity contribution in [1.29, 1.82) is 0 Å². The number of carbonyl (C=O) groups excluding carboxylic acids is 1. The first-order valence-corrected chi connectivity index (χ1v) is 15.9. The molecule has 4 N–H and O–H groups in total. The minimum Gasteiger partial charge on any atom is -0.355 e. The van der Waals surface area contributed by atoms with Crippen LogP contribution in [-0.4, -0.2) is 76.3 Å². The van der Waals surface area contributed by atoms with Crippen molar-refractivity contribution in [2.24, 2.45) is 0 Å². The first kappa shape index (κ1) is 34.5. The maximum atomic E-state index is 12.2. The molecule has 0 aromatic carbocycles. The van der Waals surface area contributed by atoms with Crippen molar-refractivity contribution in [1.82, 2.24) is 26.2 Å². The van der Waals surface area contributed by atoms with Crippen molar-refractivity contribution >= 4 is 5.91 Å². The highest BCUT2D eigenvalue weighted by Gasteiger charge is 2.07. The third kappa shape index (κ3) is 24.7. The van der Waals surface area contributed by atoms with E-state index in [4.69, 9.17) is 0 Å². The molecule has 0 unspecified atom stereocenters. The fraction of sp³-hybridized carbons (Fsp3) is 0.844. The Morgan fingerprint density at radius 3 is 1.68 bits per heavy atom. The largest absolute Gasteiger partial charge is 0.355 e. The van der Waals surface area contributed by atoms with Crippen molar-refractivity contribution in [2.45, 2.75) is 110 Å². The number of carbonyl (C=O) groups is 1. The lowest BCUT2D eigenvalue weighted by atomic mass is 10.1. The highest BCUT2D eigenvalue weighted by atomic mass is 16.1. The van der Waals surface area contributed by atoms with Gasteiger partial charge in [0.15, 0.2) is 0 Å². The van der Waals surface area contributed by atoms with Gasteiger partial charge in [-0.3, -0.25) is 9.69 Å². The van der Waals surface area contributed by atoms with Crippen molar-refractivity contribution in [3.05, 3.63) is 0 Å². The highest BCUT2D eigenvalue weighted by molar-refractivity contribution is 5.75. The predicted molar refractivity (Wildman–Crippen MR) is 163 cm³/mol. The van der Waals surface area contributed by atoms with E-state index in [1.54, 1.807) is 0 Å². The number of hydrogen-bond donors (Lipinski definition) is 4. The van der Waals surface area contributed by atoms with Crippen molar-refractivity contribution in [3.8, 4) is 23.7 Å². The van der Waals surface area contributed by atoms with E-state index in [-0.39, 0.29) is 5.91 Å². The van der Waals surface area contributed by atoms with Crippen LogP contribution in [0.1, 0.15) is 110 Å². The summed E-state index contributed by atoms with van der Waals surface area (Å²) >= 11 is 0. The second-order valence-electron chi connectivity index (χ2n) is 10.5. The van der Waals surface area contributed by atoms with E-state index in [1.807, 2.05) is 0 Å². The SMILES string of the molecule is CCCCCCCCCC#CC#CCCCCCCCCC(=O)NCCN1CCNCCNCCNCC1. The molecule has 0 bridgehead atoms. The van der Waals surface area contributed by atoms with Crippen LogP contribution in [-0.2, 0) is 4.79 Å². The third-order valence-electron chi connectivity index (χ3n) is 7.02. The van der Waals surface area contributed by atoms with Crippen LogP contribution in [0.15, 0.2) is 0 Å². The van der Waals surface area contributed by atoms with Gasteiger partial charge in [0.2, 0.25) is 5.91 Å². The third-order valence-corrected chi connectivity index (χ3v) is 7.02. The van der Waals surface area contributed by atoms with E-state index >= 15 is 0 Å². The first-order valence-electron chi connectivity index (χ1n) is 15.9. The van der Waals surface area contributed by atoms with Gasteiger partial charge in [-0.2, -0.15) is 0 Å². The number of nitrogens with zero attached hydrogens (tertiary/aromatic N) is 1. The lowest BCUT2D eigenvalue weighted by Crippen LogP contribution is -2.44. The van der Waals surface area contributed by atoms with Crippen molar-refractivity contribution < 1.29 is 4.79 Å². The van der Waals surface area contributed by atoms with E-state index in [9.17, 15) is 4.79 Å². The van der Waals surface area contributed by atoms with Crippen LogP contribution in [0, 0.1) is 23.7 Å². The molecule has 1 aliphatic heterocycles. The summed E-state index contributed by atoms with van der Waals surface area (Å²) in [5.74, 6) is 12.6. The van der Waals surface area contributed by atoms with Gasteiger partial charge in [0.25, 0.3) is 0 Å². The Morgan fingerprint density at radius 2 is 1.13 bits per heavy atom. The topological polar surface area (TPSA) is 68.4 Å². The average molecular weight is 530 g/mol. The summed E-state index contributed by atoms with van der Waals surface area (Å²) < 4.78 is 0. The zero-order valence-corrected chi connectivity index (χ0v) is 24.7. The summed E-state index contributed by atoms with van der Waals surface area (Å²) in [5.41, 5.74) is 0. The van der Waals surface area contributed by atoms with Gasteiger partial charge in [-0.15, -0.1) is 0 Å². The molecule has 0 aromatic rings. The summed E-state index contributed by atoms with van der Waals surface area (Å²) in [6.45, 7) is 12.0. The van der Waals surface area contributed by atoms with Crippen LogP contribution < -0.4 is 21.3 Å². The molecule has 0 atom stereocenters. The smallest absolute Gasteiger partial charge is 0.220 e. The van der Waals surface area contributed by atoms with E-state index < -0.39 is 0 Å². The number of nitrogens with one attached hydrogen (secondary N) is 4. The normalized spacial score (nSPS) is 15.3. The molecule has 6 nitrogen and oxygen atoms in total. The van der Waals surface area contributed by atoms with Crippen molar-refractivity contribution in [2.75, 3.05) is 65.4 Å². The van der Waals surface area contributed by atoms with Crippen LogP contribution in [0.5, 0.6) is 0 Å². The molecule has 1 heterocycles. The van der Waals surface area contributed by atoms with Crippen LogP contribution in [0.25, 0.3) is 0 Å².